The Morgan fingerprint density at radius 1 is 1.11 bits per heavy atom. The van der Waals surface area contributed by atoms with Crippen molar-refractivity contribution in [2.75, 3.05) is 0 Å². The second-order valence-corrected chi connectivity index (χ2v) is 1.30. The number of hydrogen-bond acceptors (Lipinski definition) is 2. The first-order chi connectivity index (χ1) is 4.41. The van der Waals surface area contributed by atoms with Crippen LogP contribution in [0.3, 0.4) is 0 Å². The lowest BCUT2D eigenvalue weighted by molar-refractivity contribution is 1.27. The van der Waals surface area contributed by atoms with Crippen LogP contribution in [0.1, 0.15) is 0 Å². The number of nitrogens with zero attached hydrogens (tertiary/aromatic N) is 1. The molecule has 0 amide bonds. The summed E-state index contributed by atoms with van der Waals surface area (Å²) in [6.45, 7) is 3.50. The van der Waals surface area contributed by atoms with E-state index in [1.54, 1.807) is 12.2 Å². The summed E-state index contributed by atoms with van der Waals surface area (Å²) >= 11 is 0. The third kappa shape index (κ3) is 6.69. The lowest BCUT2D eigenvalue weighted by Gasteiger charge is -1.69. The van der Waals surface area contributed by atoms with Crippen LogP contribution in [-0.2, 0) is 0 Å². The van der Waals surface area contributed by atoms with Gasteiger partial charge in [0.05, 0.1) is 0 Å². The normalized spacial score (nSPS) is 12.0. The van der Waals surface area contributed by atoms with Crippen LogP contribution in [0, 0.1) is 0 Å². The molecule has 0 fully saturated rings. The van der Waals surface area contributed by atoms with Gasteiger partial charge in [-0.05, 0) is 6.08 Å². The molecule has 0 heterocycles. The Morgan fingerprint density at radius 3 is 2.33 bits per heavy atom. The van der Waals surface area contributed by atoms with Gasteiger partial charge >= 0.3 is 0 Å². The van der Waals surface area contributed by atoms with Crippen molar-refractivity contribution in [3.05, 3.63) is 37.0 Å². The zero-order chi connectivity index (χ0) is 6.95. The van der Waals surface area contributed by atoms with Crippen molar-refractivity contribution >= 4 is 6.21 Å². The van der Waals surface area contributed by atoms with Crippen LogP contribution >= 0.6 is 0 Å². The standard InChI is InChI=1S/C7H10N2/c1-2-3-4-5-6-7-9-8/h2-7H,1,8H2/b4-3-,6-5+,9-7+. The zero-order valence-electron chi connectivity index (χ0n) is 5.20. The maximum atomic E-state index is 4.82. The number of nitrogens with two attached hydrogens (primary N) is 1. The smallest absolute Gasteiger partial charge is 0.0465 e. The summed E-state index contributed by atoms with van der Waals surface area (Å²) in [5.41, 5.74) is 0. The summed E-state index contributed by atoms with van der Waals surface area (Å²) in [5.74, 6) is 4.82. The molecule has 0 bridgehead atoms. The molecule has 48 valence electrons. The van der Waals surface area contributed by atoms with E-state index in [0.717, 1.165) is 0 Å². The molecular formula is C7H10N2. The fourth-order valence-electron chi connectivity index (χ4n) is 0.306. The highest BCUT2D eigenvalue weighted by Crippen LogP contribution is 1.74. The quantitative estimate of drug-likeness (QED) is 0.260. The van der Waals surface area contributed by atoms with Crippen molar-refractivity contribution in [3.8, 4) is 0 Å². The Balaban J connectivity index is 3.46. The molecule has 0 radical (unpaired) electrons. The topological polar surface area (TPSA) is 38.4 Å². The van der Waals surface area contributed by atoms with Crippen molar-refractivity contribution in [3.63, 3.8) is 0 Å². The van der Waals surface area contributed by atoms with Gasteiger partial charge in [-0.15, -0.1) is 0 Å². The minimum Gasteiger partial charge on any atom is -0.323 e. The van der Waals surface area contributed by atoms with Crippen molar-refractivity contribution in [2.24, 2.45) is 10.9 Å². The summed E-state index contributed by atoms with van der Waals surface area (Å²) in [7, 11) is 0. The SMILES string of the molecule is C=C\C=C/C=C/C=N/N. The average molecular weight is 122 g/mol. The molecule has 0 unspecified atom stereocenters. The summed E-state index contributed by atoms with van der Waals surface area (Å²) < 4.78 is 0. The van der Waals surface area contributed by atoms with Gasteiger partial charge in [0.2, 0.25) is 0 Å². The fraction of sp³-hybridized carbons (Fsp3) is 0. The second-order valence-electron chi connectivity index (χ2n) is 1.30. The molecule has 9 heavy (non-hydrogen) atoms. The van der Waals surface area contributed by atoms with Gasteiger partial charge in [0.1, 0.15) is 0 Å². The van der Waals surface area contributed by atoms with Gasteiger partial charge in [0.15, 0.2) is 0 Å². The Kier molecular flexibility index (Phi) is 5.72. The average Bonchev–Trinajstić information content (AvgIpc) is 1.89. The zero-order valence-corrected chi connectivity index (χ0v) is 5.20. The monoisotopic (exact) mass is 122 g/mol. The molecule has 0 spiro atoms. The molecule has 0 aromatic carbocycles. The lowest BCUT2D eigenvalue weighted by Crippen LogP contribution is -1.76. The predicted molar refractivity (Wildman–Crippen MR) is 41.2 cm³/mol. The second kappa shape index (κ2) is 6.69. The van der Waals surface area contributed by atoms with Crippen LogP contribution in [0.5, 0.6) is 0 Å². The Labute approximate surface area is 55.1 Å². The highest BCUT2D eigenvalue weighted by atomic mass is 15.1. The molecule has 2 heteroatoms. The number of rotatable bonds is 3. The number of allylic oxidation sites excluding steroid dienone is 5. The molecule has 0 aliphatic rings. The van der Waals surface area contributed by atoms with Gasteiger partial charge in [-0.2, -0.15) is 5.10 Å². The molecule has 0 saturated heterocycles. The molecule has 0 aromatic rings. The highest BCUT2D eigenvalue weighted by molar-refractivity contribution is 5.70. The van der Waals surface area contributed by atoms with E-state index in [9.17, 15) is 0 Å². The maximum Gasteiger partial charge on any atom is 0.0465 e. The van der Waals surface area contributed by atoms with Gasteiger partial charge in [-0.25, -0.2) is 0 Å². The van der Waals surface area contributed by atoms with Crippen LogP contribution in [-0.4, -0.2) is 6.21 Å². The summed E-state index contributed by atoms with van der Waals surface area (Å²) in [6, 6.07) is 0. The van der Waals surface area contributed by atoms with Gasteiger partial charge in [0, 0.05) is 6.21 Å². The third-order valence-electron chi connectivity index (χ3n) is 0.642. The van der Waals surface area contributed by atoms with E-state index in [0.29, 0.717) is 0 Å². The molecule has 2 N–H and O–H groups in total. The van der Waals surface area contributed by atoms with Crippen molar-refractivity contribution in [1.29, 1.82) is 0 Å². The van der Waals surface area contributed by atoms with Crippen LogP contribution in [0.15, 0.2) is 42.1 Å². The Morgan fingerprint density at radius 2 is 1.78 bits per heavy atom. The largest absolute Gasteiger partial charge is 0.323 e. The van der Waals surface area contributed by atoms with Gasteiger partial charge in [-0.1, -0.05) is 30.9 Å². The molecule has 0 aromatic heterocycles. The molecular weight excluding hydrogens is 112 g/mol. The number of hydrazone groups is 1. The van der Waals surface area contributed by atoms with E-state index >= 15 is 0 Å². The Bertz CT molecular complexity index is 143. The summed E-state index contributed by atoms with van der Waals surface area (Å²) in [4.78, 5) is 0. The first-order valence-corrected chi connectivity index (χ1v) is 2.59. The maximum absolute atomic E-state index is 4.82. The van der Waals surface area contributed by atoms with Crippen LogP contribution in [0.4, 0.5) is 0 Å². The first-order valence-electron chi connectivity index (χ1n) is 2.59. The van der Waals surface area contributed by atoms with E-state index in [2.05, 4.69) is 11.7 Å². The van der Waals surface area contributed by atoms with Crippen LogP contribution in [0.25, 0.3) is 0 Å². The van der Waals surface area contributed by atoms with Crippen molar-refractivity contribution in [2.45, 2.75) is 0 Å². The van der Waals surface area contributed by atoms with Crippen molar-refractivity contribution < 1.29 is 0 Å². The molecule has 0 aliphatic heterocycles. The summed E-state index contributed by atoms with van der Waals surface area (Å²) in [6.07, 6.45) is 10.4. The molecule has 0 atom stereocenters. The van der Waals surface area contributed by atoms with E-state index in [4.69, 9.17) is 5.84 Å². The Hall–Kier alpha value is -1.31. The number of hydrogen-bond donors (Lipinski definition) is 1. The summed E-state index contributed by atoms with van der Waals surface area (Å²) in [5, 5.41) is 3.26. The van der Waals surface area contributed by atoms with E-state index in [-0.39, 0.29) is 0 Å². The predicted octanol–water partition coefficient (Wildman–Crippen LogP) is 1.23. The van der Waals surface area contributed by atoms with Gasteiger partial charge in [0.25, 0.3) is 0 Å². The van der Waals surface area contributed by atoms with Gasteiger partial charge in [-0.3, -0.25) is 0 Å². The molecule has 0 rings (SSSR count). The van der Waals surface area contributed by atoms with Gasteiger partial charge < -0.3 is 5.84 Å². The third-order valence-corrected chi connectivity index (χ3v) is 0.642. The fourth-order valence-corrected chi connectivity index (χ4v) is 0.306. The molecule has 2 nitrogen and oxygen atoms in total. The molecule has 0 aliphatic carbocycles. The minimum atomic E-state index is 1.51. The van der Waals surface area contributed by atoms with E-state index in [1.165, 1.54) is 6.21 Å². The first kappa shape index (κ1) is 7.69. The minimum absolute atomic E-state index is 1.51. The van der Waals surface area contributed by atoms with Crippen LogP contribution < -0.4 is 5.84 Å². The highest BCUT2D eigenvalue weighted by Gasteiger charge is 1.58. The molecule has 0 saturated carbocycles. The van der Waals surface area contributed by atoms with E-state index < -0.39 is 0 Å². The van der Waals surface area contributed by atoms with Crippen LogP contribution in [0.2, 0.25) is 0 Å². The van der Waals surface area contributed by atoms with Crippen molar-refractivity contribution in [1.82, 2.24) is 0 Å². The lowest BCUT2D eigenvalue weighted by atomic mass is 10.4. The van der Waals surface area contributed by atoms with E-state index in [1.807, 2.05) is 18.2 Å².